The van der Waals surface area contributed by atoms with Gasteiger partial charge in [-0.3, -0.25) is 4.79 Å². The molecule has 0 spiro atoms. The number of hydrogen-bond acceptors (Lipinski definition) is 6. The summed E-state index contributed by atoms with van der Waals surface area (Å²) >= 11 is 0. The number of amides is 1. The molecule has 26 heavy (non-hydrogen) atoms. The maximum atomic E-state index is 12.3. The van der Waals surface area contributed by atoms with E-state index in [0.717, 1.165) is 10.4 Å². The highest BCUT2D eigenvalue weighted by molar-refractivity contribution is 7.91. The zero-order chi connectivity index (χ0) is 18.6. The number of para-hydroxylation sites is 1. The number of carbonyl (C=O) groups is 1. The Balaban J connectivity index is 1.74. The molecule has 1 N–H and O–H groups in total. The number of sulfone groups is 1. The standard InChI is InChI=1S/C17H17N5O3S/c1-2-26(24,25)15-11-7-6-10-14(15)18-16(23)12-22-20-17(19-21-22)13-8-4-3-5-9-13/h3-11H,2,12H2,1H3,(H,18,23). The normalized spacial score (nSPS) is 11.3. The molecule has 2 aromatic carbocycles. The average molecular weight is 371 g/mol. The van der Waals surface area contributed by atoms with Gasteiger partial charge in [0, 0.05) is 5.56 Å². The molecule has 0 unspecified atom stereocenters. The minimum atomic E-state index is -3.44. The maximum absolute atomic E-state index is 12.3. The Bertz CT molecular complexity index is 1020. The Hall–Kier alpha value is -3.07. The molecule has 0 bridgehead atoms. The van der Waals surface area contributed by atoms with Gasteiger partial charge in [-0.25, -0.2) is 8.42 Å². The van der Waals surface area contributed by atoms with Crippen molar-refractivity contribution in [3.63, 3.8) is 0 Å². The molecule has 3 rings (SSSR count). The van der Waals surface area contributed by atoms with Gasteiger partial charge in [-0.15, -0.1) is 10.2 Å². The van der Waals surface area contributed by atoms with Crippen LogP contribution in [0.5, 0.6) is 0 Å². The first-order valence-corrected chi connectivity index (χ1v) is 9.59. The lowest BCUT2D eigenvalue weighted by atomic mass is 10.2. The molecule has 0 fully saturated rings. The van der Waals surface area contributed by atoms with Gasteiger partial charge in [0.2, 0.25) is 11.7 Å². The van der Waals surface area contributed by atoms with E-state index in [1.165, 1.54) is 6.07 Å². The molecule has 0 saturated carbocycles. The molecule has 1 heterocycles. The molecule has 1 aromatic heterocycles. The quantitative estimate of drug-likeness (QED) is 0.708. The van der Waals surface area contributed by atoms with Crippen molar-refractivity contribution in [2.45, 2.75) is 18.4 Å². The van der Waals surface area contributed by atoms with Crippen molar-refractivity contribution in [1.29, 1.82) is 0 Å². The molecular weight excluding hydrogens is 354 g/mol. The number of carbonyl (C=O) groups excluding carboxylic acids is 1. The topological polar surface area (TPSA) is 107 Å². The summed E-state index contributed by atoms with van der Waals surface area (Å²) < 4.78 is 24.3. The number of aromatic nitrogens is 4. The number of hydrogen-bond donors (Lipinski definition) is 1. The van der Waals surface area contributed by atoms with E-state index in [1.54, 1.807) is 25.1 Å². The Morgan fingerprint density at radius 1 is 1.08 bits per heavy atom. The Kier molecular flexibility index (Phi) is 5.08. The molecule has 0 radical (unpaired) electrons. The van der Waals surface area contributed by atoms with E-state index in [1.807, 2.05) is 30.3 Å². The van der Waals surface area contributed by atoms with E-state index in [0.29, 0.717) is 5.82 Å². The van der Waals surface area contributed by atoms with Gasteiger partial charge in [0.05, 0.1) is 16.3 Å². The number of tetrazole rings is 1. The number of benzene rings is 2. The molecule has 3 aromatic rings. The molecule has 0 aliphatic rings. The minimum absolute atomic E-state index is 0.0506. The van der Waals surface area contributed by atoms with Crippen molar-refractivity contribution in [1.82, 2.24) is 20.2 Å². The minimum Gasteiger partial charge on any atom is -0.323 e. The summed E-state index contributed by atoms with van der Waals surface area (Å²) in [4.78, 5) is 13.5. The summed E-state index contributed by atoms with van der Waals surface area (Å²) in [6, 6.07) is 15.6. The van der Waals surface area contributed by atoms with E-state index in [9.17, 15) is 13.2 Å². The number of rotatable bonds is 6. The zero-order valence-electron chi connectivity index (χ0n) is 14.0. The maximum Gasteiger partial charge on any atom is 0.248 e. The second-order valence-corrected chi connectivity index (χ2v) is 7.70. The van der Waals surface area contributed by atoms with E-state index in [2.05, 4.69) is 20.7 Å². The van der Waals surface area contributed by atoms with Crippen LogP contribution in [0.25, 0.3) is 11.4 Å². The summed E-state index contributed by atoms with van der Waals surface area (Å²) in [6.45, 7) is 1.37. The van der Waals surface area contributed by atoms with Crippen LogP contribution in [0.15, 0.2) is 59.5 Å². The lowest BCUT2D eigenvalue weighted by Gasteiger charge is -2.10. The third kappa shape index (κ3) is 3.94. The van der Waals surface area contributed by atoms with Gasteiger partial charge in [-0.2, -0.15) is 4.80 Å². The van der Waals surface area contributed by atoms with E-state index in [-0.39, 0.29) is 22.9 Å². The molecule has 0 saturated heterocycles. The highest BCUT2D eigenvalue weighted by Gasteiger charge is 2.18. The van der Waals surface area contributed by atoms with Gasteiger partial charge in [0.1, 0.15) is 6.54 Å². The summed E-state index contributed by atoms with van der Waals surface area (Å²) in [5.74, 6) is -0.0848. The lowest BCUT2D eigenvalue weighted by molar-refractivity contribution is -0.117. The largest absolute Gasteiger partial charge is 0.323 e. The second-order valence-electron chi connectivity index (χ2n) is 5.46. The van der Waals surface area contributed by atoms with Crippen LogP contribution in [0.4, 0.5) is 5.69 Å². The monoisotopic (exact) mass is 371 g/mol. The fourth-order valence-electron chi connectivity index (χ4n) is 2.33. The van der Waals surface area contributed by atoms with Crippen molar-refractivity contribution in [3.8, 4) is 11.4 Å². The summed E-state index contributed by atoms with van der Waals surface area (Å²) in [7, 11) is -3.44. The van der Waals surface area contributed by atoms with E-state index in [4.69, 9.17) is 0 Å². The van der Waals surface area contributed by atoms with Crippen molar-refractivity contribution >= 4 is 21.4 Å². The lowest BCUT2D eigenvalue weighted by Crippen LogP contribution is -2.22. The average Bonchev–Trinajstić information content (AvgIpc) is 3.11. The predicted octanol–water partition coefficient (Wildman–Crippen LogP) is 1.77. The number of nitrogens with zero attached hydrogens (tertiary/aromatic N) is 4. The fraction of sp³-hybridized carbons (Fsp3) is 0.176. The van der Waals surface area contributed by atoms with Gasteiger partial charge >= 0.3 is 0 Å². The van der Waals surface area contributed by atoms with Crippen molar-refractivity contribution in [2.75, 3.05) is 11.1 Å². The van der Waals surface area contributed by atoms with Crippen LogP contribution in [-0.4, -0.2) is 40.3 Å². The van der Waals surface area contributed by atoms with Gasteiger partial charge in [0.25, 0.3) is 0 Å². The Morgan fingerprint density at radius 3 is 2.50 bits per heavy atom. The van der Waals surface area contributed by atoms with E-state index < -0.39 is 15.7 Å². The first-order valence-electron chi connectivity index (χ1n) is 7.94. The Morgan fingerprint density at radius 2 is 1.77 bits per heavy atom. The van der Waals surface area contributed by atoms with Crippen LogP contribution < -0.4 is 5.32 Å². The van der Waals surface area contributed by atoms with Crippen LogP contribution in [0, 0.1) is 0 Å². The number of nitrogens with one attached hydrogen (secondary N) is 1. The second kappa shape index (κ2) is 7.44. The van der Waals surface area contributed by atoms with Gasteiger partial charge < -0.3 is 5.32 Å². The smallest absolute Gasteiger partial charge is 0.248 e. The molecule has 134 valence electrons. The van der Waals surface area contributed by atoms with Crippen LogP contribution in [0.3, 0.4) is 0 Å². The molecular formula is C17H17N5O3S. The van der Waals surface area contributed by atoms with Crippen molar-refractivity contribution < 1.29 is 13.2 Å². The molecule has 0 aliphatic carbocycles. The third-order valence-electron chi connectivity index (χ3n) is 3.65. The highest BCUT2D eigenvalue weighted by atomic mass is 32.2. The summed E-state index contributed by atoms with van der Waals surface area (Å²) in [5, 5.41) is 14.5. The first-order chi connectivity index (χ1) is 12.5. The highest BCUT2D eigenvalue weighted by Crippen LogP contribution is 2.22. The van der Waals surface area contributed by atoms with Crippen molar-refractivity contribution in [2.24, 2.45) is 0 Å². The predicted molar refractivity (Wildman–Crippen MR) is 96.1 cm³/mol. The molecule has 0 atom stereocenters. The van der Waals surface area contributed by atoms with Crippen molar-refractivity contribution in [3.05, 3.63) is 54.6 Å². The van der Waals surface area contributed by atoms with Crippen LogP contribution in [0.2, 0.25) is 0 Å². The molecule has 1 amide bonds. The SMILES string of the molecule is CCS(=O)(=O)c1ccccc1NC(=O)Cn1nnc(-c2ccccc2)n1. The molecule has 0 aliphatic heterocycles. The fourth-order valence-corrected chi connectivity index (χ4v) is 3.38. The number of anilines is 1. The van der Waals surface area contributed by atoms with Crippen LogP contribution in [-0.2, 0) is 21.2 Å². The van der Waals surface area contributed by atoms with E-state index >= 15 is 0 Å². The molecule has 8 nitrogen and oxygen atoms in total. The van der Waals surface area contributed by atoms with Crippen LogP contribution in [0.1, 0.15) is 6.92 Å². The summed E-state index contributed by atoms with van der Waals surface area (Å²) in [5.41, 5.74) is 1.03. The summed E-state index contributed by atoms with van der Waals surface area (Å²) in [6.07, 6.45) is 0. The first kappa shape index (κ1) is 17.7. The Labute approximate surface area is 150 Å². The molecule has 9 heteroatoms. The van der Waals surface area contributed by atoms with Gasteiger partial charge in [-0.1, -0.05) is 49.4 Å². The van der Waals surface area contributed by atoms with Crippen LogP contribution >= 0.6 is 0 Å². The van der Waals surface area contributed by atoms with Gasteiger partial charge in [-0.05, 0) is 17.3 Å². The zero-order valence-corrected chi connectivity index (χ0v) is 14.8. The van der Waals surface area contributed by atoms with Gasteiger partial charge in [0.15, 0.2) is 9.84 Å². The third-order valence-corrected chi connectivity index (χ3v) is 5.43.